The van der Waals surface area contributed by atoms with E-state index in [1.807, 2.05) is 57.7 Å². The zero-order valence-corrected chi connectivity index (χ0v) is 19.1. The Kier molecular flexibility index (Phi) is 7.36. The minimum absolute atomic E-state index is 0.418. The van der Waals surface area contributed by atoms with Crippen LogP contribution in [0.3, 0.4) is 0 Å². The molecule has 6 nitrogen and oxygen atoms in total. The maximum atomic E-state index is 11.1. The van der Waals surface area contributed by atoms with Crippen molar-refractivity contribution in [2.75, 3.05) is 14.1 Å². The van der Waals surface area contributed by atoms with Crippen molar-refractivity contribution in [1.82, 2.24) is 14.5 Å². The zero-order chi connectivity index (χ0) is 22.5. The summed E-state index contributed by atoms with van der Waals surface area (Å²) < 4.78 is 8.19. The molecule has 2 aromatic carbocycles. The number of aryl methyl sites for hydroxylation is 1. The molecule has 0 fully saturated rings. The van der Waals surface area contributed by atoms with Gasteiger partial charge in [0.25, 0.3) is 0 Å². The summed E-state index contributed by atoms with van der Waals surface area (Å²) in [5.41, 5.74) is 3.02. The van der Waals surface area contributed by atoms with Crippen LogP contribution in [0.2, 0.25) is 5.02 Å². The van der Waals surface area contributed by atoms with Crippen molar-refractivity contribution in [3.63, 3.8) is 0 Å². The summed E-state index contributed by atoms with van der Waals surface area (Å²) in [4.78, 5) is 17.7. The molecular formula is C24H28ClN3O3. The molecule has 0 saturated heterocycles. The fraction of sp³-hybridized carbons (Fsp3) is 0.333. The Morgan fingerprint density at radius 2 is 1.94 bits per heavy atom. The number of benzene rings is 2. The molecule has 1 atom stereocenters. The highest BCUT2D eigenvalue weighted by atomic mass is 35.5. The second-order valence-electron chi connectivity index (χ2n) is 8.01. The van der Waals surface area contributed by atoms with Gasteiger partial charge in [-0.3, -0.25) is 4.79 Å². The molecule has 3 rings (SSSR count). The van der Waals surface area contributed by atoms with Crippen molar-refractivity contribution < 1.29 is 14.6 Å². The molecule has 0 saturated carbocycles. The lowest BCUT2D eigenvalue weighted by Crippen LogP contribution is -2.14. The van der Waals surface area contributed by atoms with Gasteiger partial charge in [0, 0.05) is 17.6 Å². The van der Waals surface area contributed by atoms with Crippen molar-refractivity contribution in [2.24, 2.45) is 13.0 Å². The Hall–Kier alpha value is -2.83. The predicted molar refractivity (Wildman–Crippen MR) is 123 cm³/mol. The molecule has 0 aliphatic carbocycles. The maximum Gasteiger partial charge on any atom is 0.306 e. The van der Waals surface area contributed by atoms with Gasteiger partial charge in [0.05, 0.1) is 24.4 Å². The van der Waals surface area contributed by atoms with Crippen molar-refractivity contribution in [2.45, 2.75) is 26.3 Å². The summed E-state index contributed by atoms with van der Waals surface area (Å²) in [7, 11) is 6.06. The molecule has 0 bridgehead atoms. The van der Waals surface area contributed by atoms with E-state index in [2.05, 4.69) is 14.5 Å². The van der Waals surface area contributed by atoms with Gasteiger partial charge in [-0.15, -0.1) is 0 Å². The summed E-state index contributed by atoms with van der Waals surface area (Å²) >= 11 is 6.17. The molecule has 0 aliphatic rings. The number of aromatic nitrogens is 2. The van der Waals surface area contributed by atoms with Gasteiger partial charge >= 0.3 is 5.97 Å². The third kappa shape index (κ3) is 5.87. The Morgan fingerprint density at radius 3 is 2.58 bits per heavy atom. The first kappa shape index (κ1) is 22.8. The fourth-order valence-corrected chi connectivity index (χ4v) is 3.45. The van der Waals surface area contributed by atoms with Crippen LogP contribution in [0.15, 0.2) is 48.7 Å². The number of aliphatic carboxylic acids is 1. The molecule has 1 N–H and O–H groups in total. The molecule has 31 heavy (non-hydrogen) atoms. The van der Waals surface area contributed by atoms with Crippen LogP contribution in [0.5, 0.6) is 11.5 Å². The van der Waals surface area contributed by atoms with Gasteiger partial charge in [-0.1, -0.05) is 24.6 Å². The van der Waals surface area contributed by atoms with Crippen LogP contribution >= 0.6 is 11.6 Å². The summed E-state index contributed by atoms with van der Waals surface area (Å²) in [6.07, 6.45) is 3.01. The quantitative estimate of drug-likeness (QED) is 0.491. The van der Waals surface area contributed by atoms with E-state index in [0.717, 1.165) is 29.2 Å². The molecule has 0 radical (unpaired) electrons. The molecule has 0 amide bonds. The molecule has 7 heteroatoms. The van der Waals surface area contributed by atoms with E-state index in [9.17, 15) is 4.79 Å². The van der Waals surface area contributed by atoms with E-state index in [1.54, 1.807) is 19.1 Å². The van der Waals surface area contributed by atoms with Gasteiger partial charge in [0.1, 0.15) is 17.3 Å². The number of rotatable bonds is 9. The maximum absolute atomic E-state index is 11.1. The topological polar surface area (TPSA) is 67.6 Å². The minimum Gasteiger partial charge on any atom is -0.481 e. The second kappa shape index (κ2) is 9.98. The lowest BCUT2D eigenvalue weighted by atomic mass is 10.0. The van der Waals surface area contributed by atoms with Gasteiger partial charge < -0.3 is 19.3 Å². The summed E-state index contributed by atoms with van der Waals surface area (Å²) in [6, 6.07) is 13.3. The highest BCUT2D eigenvalue weighted by Crippen LogP contribution is 2.31. The molecule has 0 spiro atoms. The number of ether oxygens (including phenoxy) is 1. The van der Waals surface area contributed by atoms with Crippen LogP contribution in [0.25, 0.3) is 11.3 Å². The first-order valence-corrected chi connectivity index (χ1v) is 10.6. The molecule has 1 heterocycles. The molecule has 0 aliphatic heterocycles. The summed E-state index contributed by atoms with van der Waals surface area (Å²) in [5.74, 6) is 1.12. The van der Waals surface area contributed by atoms with Crippen molar-refractivity contribution in [3.8, 4) is 22.8 Å². The van der Waals surface area contributed by atoms with E-state index in [4.69, 9.17) is 21.4 Å². The van der Waals surface area contributed by atoms with Gasteiger partial charge in [-0.05, 0) is 68.9 Å². The Bertz CT molecular complexity index is 1040. The number of carbonyl (C=O) groups is 1. The molecule has 0 unspecified atom stereocenters. The lowest BCUT2D eigenvalue weighted by molar-refractivity contribution is -0.141. The van der Waals surface area contributed by atoms with Gasteiger partial charge in [-0.25, -0.2) is 4.98 Å². The Balaban J connectivity index is 1.76. The SMILES string of the molecule is C[C@H](CCc1ccc(Cl)cc1Oc1ccc(-c2cnc(CN(C)C)n2C)cc1)C(=O)O. The average Bonchev–Trinajstić information content (AvgIpc) is 3.07. The number of imidazole rings is 1. The van der Waals surface area contributed by atoms with Crippen LogP contribution < -0.4 is 4.74 Å². The number of hydrogen-bond acceptors (Lipinski definition) is 4. The summed E-state index contributed by atoms with van der Waals surface area (Å²) in [5, 5.41) is 9.71. The number of nitrogens with zero attached hydrogens (tertiary/aromatic N) is 3. The van der Waals surface area contributed by atoms with Crippen LogP contribution in [-0.2, 0) is 24.8 Å². The van der Waals surface area contributed by atoms with E-state index < -0.39 is 11.9 Å². The van der Waals surface area contributed by atoms with E-state index in [1.165, 1.54) is 0 Å². The minimum atomic E-state index is -0.795. The first-order chi connectivity index (χ1) is 14.7. The van der Waals surface area contributed by atoms with Crippen LogP contribution in [-0.4, -0.2) is 39.6 Å². The van der Waals surface area contributed by atoms with Gasteiger partial charge in [0.15, 0.2) is 0 Å². The standard InChI is InChI=1S/C24H28ClN3O3/c1-16(24(29)30)5-6-18-7-10-19(25)13-22(18)31-20-11-8-17(9-12-20)21-14-26-23(28(21)4)15-27(2)3/h7-14,16H,5-6,15H2,1-4H3,(H,29,30)/t16-/m1/s1. The number of carboxylic acids is 1. The van der Waals surface area contributed by atoms with E-state index >= 15 is 0 Å². The Morgan fingerprint density at radius 1 is 1.23 bits per heavy atom. The first-order valence-electron chi connectivity index (χ1n) is 10.2. The largest absolute Gasteiger partial charge is 0.481 e. The second-order valence-corrected chi connectivity index (χ2v) is 8.45. The Labute approximate surface area is 188 Å². The molecule has 3 aromatic rings. The lowest BCUT2D eigenvalue weighted by Gasteiger charge is -2.14. The van der Waals surface area contributed by atoms with Crippen LogP contribution in [0.4, 0.5) is 0 Å². The third-order valence-corrected chi connectivity index (χ3v) is 5.45. The zero-order valence-electron chi connectivity index (χ0n) is 18.3. The van der Waals surface area contributed by atoms with Crippen molar-refractivity contribution in [3.05, 3.63) is 65.1 Å². The number of carboxylic acid groups (broad SMARTS) is 1. The van der Waals surface area contributed by atoms with Crippen LogP contribution in [0, 0.1) is 5.92 Å². The van der Waals surface area contributed by atoms with Crippen molar-refractivity contribution in [1.29, 1.82) is 0 Å². The monoisotopic (exact) mass is 441 g/mol. The molecular weight excluding hydrogens is 414 g/mol. The van der Waals surface area contributed by atoms with E-state index in [0.29, 0.717) is 29.4 Å². The smallest absolute Gasteiger partial charge is 0.306 e. The number of halogens is 1. The highest BCUT2D eigenvalue weighted by molar-refractivity contribution is 6.30. The predicted octanol–water partition coefficient (Wildman–Crippen LogP) is 5.25. The van der Waals surface area contributed by atoms with Crippen LogP contribution in [0.1, 0.15) is 24.7 Å². The summed E-state index contributed by atoms with van der Waals surface area (Å²) in [6.45, 7) is 2.48. The van der Waals surface area contributed by atoms with E-state index in [-0.39, 0.29) is 0 Å². The van der Waals surface area contributed by atoms with Crippen molar-refractivity contribution >= 4 is 17.6 Å². The normalized spacial score (nSPS) is 12.2. The molecule has 164 valence electrons. The average molecular weight is 442 g/mol. The molecule has 1 aromatic heterocycles. The number of hydrogen-bond donors (Lipinski definition) is 1. The van der Waals surface area contributed by atoms with Gasteiger partial charge in [-0.2, -0.15) is 0 Å². The van der Waals surface area contributed by atoms with Gasteiger partial charge in [0.2, 0.25) is 0 Å². The highest BCUT2D eigenvalue weighted by Gasteiger charge is 2.14. The third-order valence-electron chi connectivity index (χ3n) is 5.22. The fourth-order valence-electron chi connectivity index (χ4n) is 3.29.